The van der Waals surface area contributed by atoms with Gasteiger partial charge < -0.3 is 21.7 Å². The van der Waals surface area contributed by atoms with Crippen LogP contribution in [0.4, 0.5) is 17.2 Å². The summed E-state index contributed by atoms with van der Waals surface area (Å²) in [5.74, 6) is 0.343. The Kier molecular flexibility index (Phi) is 6.80. The van der Waals surface area contributed by atoms with Crippen molar-refractivity contribution in [3.63, 3.8) is 0 Å². The number of amides is 2. The fourth-order valence-electron chi connectivity index (χ4n) is 4.52. The van der Waals surface area contributed by atoms with E-state index in [0.29, 0.717) is 18.8 Å². The molecule has 0 spiro atoms. The van der Waals surface area contributed by atoms with Gasteiger partial charge in [-0.1, -0.05) is 36.4 Å². The van der Waals surface area contributed by atoms with Gasteiger partial charge in [0.2, 0.25) is 11.8 Å². The summed E-state index contributed by atoms with van der Waals surface area (Å²) in [5, 5.41) is 11.3. The quantitative estimate of drug-likeness (QED) is 0.325. The number of hydrogen-bond acceptors (Lipinski definition) is 5. The van der Waals surface area contributed by atoms with Gasteiger partial charge in [0, 0.05) is 35.9 Å². The normalized spacial score (nSPS) is 16.7. The van der Waals surface area contributed by atoms with Crippen molar-refractivity contribution >= 4 is 39.8 Å². The highest BCUT2D eigenvalue weighted by Gasteiger charge is 2.21. The zero-order chi connectivity index (χ0) is 24.9. The van der Waals surface area contributed by atoms with Gasteiger partial charge in [-0.15, -0.1) is 0 Å². The molecular weight excluding hydrogens is 450 g/mol. The Balaban J connectivity index is 1.44. The summed E-state index contributed by atoms with van der Waals surface area (Å²) < 4.78 is 0. The zero-order valence-electron chi connectivity index (χ0n) is 20.0. The van der Waals surface area contributed by atoms with Gasteiger partial charge in [-0.2, -0.15) is 0 Å². The molecule has 2 aliphatic rings. The number of rotatable bonds is 2. The van der Waals surface area contributed by atoms with Gasteiger partial charge in [0.25, 0.3) is 0 Å². The third-order valence-corrected chi connectivity index (χ3v) is 6.48. The lowest BCUT2D eigenvalue weighted by Gasteiger charge is -2.21. The van der Waals surface area contributed by atoms with Gasteiger partial charge in [0.15, 0.2) is 0 Å². The number of nitrogens with one attached hydrogen (secondary N) is 3. The van der Waals surface area contributed by atoms with Crippen LogP contribution >= 0.6 is 0 Å². The maximum absolute atomic E-state index is 13.4. The molecule has 6 rings (SSSR count). The monoisotopic (exact) mass is 479 g/mol. The van der Waals surface area contributed by atoms with Gasteiger partial charge in [0.05, 0.1) is 0 Å². The minimum atomic E-state index is -0.589. The number of carbonyl (C=O) groups excluding carboxylic acids is 2. The molecule has 0 saturated heterocycles. The Morgan fingerprint density at radius 2 is 1.72 bits per heavy atom. The molecule has 0 saturated carbocycles. The van der Waals surface area contributed by atoms with Gasteiger partial charge >= 0.3 is 0 Å². The van der Waals surface area contributed by atoms with Gasteiger partial charge in [-0.3, -0.25) is 9.59 Å². The van der Waals surface area contributed by atoms with Crippen molar-refractivity contribution in [1.29, 1.82) is 0 Å². The molecule has 7 nitrogen and oxygen atoms in total. The summed E-state index contributed by atoms with van der Waals surface area (Å²) in [4.78, 5) is 29.9. The number of nitrogens with two attached hydrogens (primary N) is 1. The summed E-state index contributed by atoms with van der Waals surface area (Å²) in [6.07, 6.45) is 4.79. The number of nitrogens with zero attached hydrogens (tertiary/aromatic N) is 1. The van der Waals surface area contributed by atoms with Gasteiger partial charge in [-0.05, 0) is 77.7 Å². The summed E-state index contributed by atoms with van der Waals surface area (Å²) in [7, 11) is 0. The average molecular weight is 480 g/mol. The number of carbonyl (C=O) groups is 2. The van der Waals surface area contributed by atoms with Crippen molar-refractivity contribution < 1.29 is 9.59 Å². The second-order valence-corrected chi connectivity index (χ2v) is 9.12. The molecule has 0 aliphatic carbocycles. The molecule has 1 aromatic heterocycles. The molecule has 7 heteroatoms. The van der Waals surface area contributed by atoms with Crippen LogP contribution in [0.5, 0.6) is 0 Å². The SMILES string of the molecule is Nc1nccc2cc(NC3C(=O)NCc4cccc(c4)NC(=O)CCCCc4ccc3cc4)ccc12. The minimum Gasteiger partial charge on any atom is -0.383 e. The van der Waals surface area contributed by atoms with Crippen LogP contribution in [0.15, 0.2) is 79.0 Å². The minimum absolute atomic E-state index is 0.00744. The largest absolute Gasteiger partial charge is 0.383 e. The number of benzene rings is 3. The lowest BCUT2D eigenvalue weighted by Crippen LogP contribution is -2.33. The van der Waals surface area contributed by atoms with E-state index in [0.717, 1.165) is 52.5 Å². The fourth-order valence-corrected chi connectivity index (χ4v) is 4.52. The molecule has 182 valence electrons. The Hall–Kier alpha value is -4.39. The van der Waals surface area contributed by atoms with Crippen LogP contribution in [0.1, 0.15) is 42.0 Å². The zero-order valence-corrected chi connectivity index (χ0v) is 20.0. The first-order valence-corrected chi connectivity index (χ1v) is 12.2. The molecule has 0 fully saturated rings. The van der Waals surface area contributed by atoms with Gasteiger partial charge in [-0.25, -0.2) is 4.98 Å². The van der Waals surface area contributed by atoms with Crippen LogP contribution in [0.3, 0.4) is 0 Å². The second-order valence-electron chi connectivity index (χ2n) is 9.12. The smallest absolute Gasteiger partial charge is 0.247 e. The van der Waals surface area contributed by atoms with E-state index in [2.05, 4.69) is 33.1 Å². The van der Waals surface area contributed by atoms with Crippen molar-refractivity contribution in [1.82, 2.24) is 10.3 Å². The number of aromatic nitrogens is 1. The summed E-state index contributed by atoms with van der Waals surface area (Å²) >= 11 is 0. The Labute approximate surface area is 210 Å². The maximum atomic E-state index is 13.4. The summed E-state index contributed by atoms with van der Waals surface area (Å²) in [6.45, 7) is 0.346. The standard InChI is InChI=1S/C29H29N5O2/c30-28-25-13-12-24(17-22(25)14-15-31-28)34-27-21-10-8-19(9-11-21)4-1-2-7-26(35)33-23-6-3-5-20(16-23)18-32-29(27)36/h3,5-6,8-17,27,34H,1-2,4,7,18H2,(H2,30,31)(H,32,36)(H,33,35). The molecule has 2 aliphatic heterocycles. The molecular formula is C29H29N5O2. The first kappa shape index (κ1) is 23.4. The summed E-state index contributed by atoms with van der Waals surface area (Å²) in [5.41, 5.74) is 10.5. The molecule has 1 atom stereocenters. The van der Waals surface area contributed by atoms with Crippen LogP contribution in [0, 0.1) is 0 Å². The Morgan fingerprint density at radius 3 is 2.58 bits per heavy atom. The number of anilines is 3. The van der Waals surface area contributed by atoms with Crippen LogP contribution in [-0.4, -0.2) is 16.8 Å². The average Bonchev–Trinajstić information content (AvgIpc) is 2.89. The highest BCUT2D eigenvalue weighted by Crippen LogP contribution is 2.26. The lowest BCUT2D eigenvalue weighted by atomic mass is 10.0. The molecule has 36 heavy (non-hydrogen) atoms. The van der Waals surface area contributed by atoms with Crippen LogP contribution < -0.4 is 21.7 Å². The fraction of sp³-hybridized carbons (Fsp3) is 0.207. The van der Waals surface area contributed by atoms with E-state index in [1.807, 2.05) is 60.7 Å². The molecule has 4 bridgehead atoms. The van der Waals surface area contributed by atoms with Crippen LogP contribution in [-0.2, 0) is 22.6 Å². The van der Waals surface area contributed by atoms with Crippen molar-refractivity contribution in [2.45, 2.75) is 38.3 Å². The van der Waals surface area contributed by atoms with Gasteiger partial charge in [0.1, 0.15) is 11.9 Å². The Bertz CT molecular complexity index is 1400. The third kappa shape index (κ3) is 5.46. The first-order chi connectivity index (χ1) is 17.5. The second kappa shape index (κ2) is 10.5. The van der Waals surface area contributed by atoms with E-state index in [9.17, 15) is 9.59 Å². The van der Waals surface area contributed by atoms with E-state index in [-0.39, 0.29) is 11.8 Å². The van der Waals surface area contributed by atoms with Crippen LogP contribution in [0.2, 0.25) is 0 Å². The lowest BCUT2D eigenvalue weighted by molar-refractivity contribution is -0.122. The van der Waals surface area contributed by atoms with Crippen molar-refractivity contribution in [2.24, 2.45) is 0 Å². The molecule has 3 aromatic carbocycles. The van der Waals surface area contributed by atoms with E-state index < -0.39 is 6.04 Å². The highest BCUT2D eigenvalue weighted by molar-refractivity contribution is 5.94. The van der Waals surface area contributed by atoms with E-state index >= 15 is 0 Å². The molecule has 1 unspecified atom stereocenters. The highest BCUT2D eigenvalue weighted by atomic mass is 16.2. The molecule has 4 aromatic rings. The molecule has 3 heterocycles. The number of aryl methyl sites for hydroxylation is 1. The van der Waals surface area contributed by atoms with Crippen molar-refractivity contribution in [3.8, 4) is 0 Å². The maximum Gasteiger partial charge on any atom is 0.247 e. The third-order valence-electron chi connectivity index (χ3n) is 6.48. The number of pyridine rings is 1. The van der Waals surface area contributed by atoms with E-state index in [1.54, 1.807) is 6.20 Å². The number of nitrogen functional groups attached to an aromatic ring is 1. The predicted molar refractivity (Wildman–Crippen MR) is 143 cm³/mol. The predicted octanol–water partition coefficient (Wildman–Crippen LogP) is 4.95. The van der Waals surface area contributed by atoms with Crippen molar-refractivity contribution in [2.75, 3.05) is 16.4 Å². The molecule has 2 amide bonds. The first-order valence-electron chi connectivity index (χ1n) is 12.2. The van der Waals surface area contributed by atoms with E-state index in [1.165, 1.54) is 5.56 Å². The number of fused-ring (bicyclic) bond motifs is 11. The van der Waals surface area contributed by atoms with E-state index in [4.69, 9.17) is 5.73 Å². The molecule has 0 radical (unpaired) electrons. The van der Waals surface area contributed by atoms with Crippen LogP contribution in [0.25, 0.3) is 10.8 Å². The Morgan fingerprint density at radius 1 is 0.889 bits per heavy atom. The summed E-state index contributed by atoms with van der Waals surface area (Å²) in [6, 6.07) is 22.8. The number of hydrogen-bond donors (Lipinski definition) is 4. The molecule has 5 N–H and O–H groups in total. The topological polar surface area (TPSA) is 109 Å². The van der Waals surface area contributed by atoms with Crippen molar-refractivity contribution in [3.05, 3.63) is 95.7 Å².